The van der Waals surface area contributed by atoms with E-state index in [1.54, 1.807) is 13.0 Å². The van der Waals surface area contributed by atoms with Crippen molar-refractivity contribution in [2.24, 2.45) is 5.10 Å². The summed E-state index contributed by atoms with van der Waals surface area (Å²) in [6.07, 6.45) is 2.32. The molecule has 7 heteroatoms. The zero-order valence-corrected chi connectivity index (χ0v) is 14.4. The van der Waals surface area contributed by atoms with E-state index in [2.05, 4.69) is 10.5 Å². The summed E-state index contributed by atoms with van der Waals surface area (Å²) in [5.74, 6) is 0.245. The third-order valence-electron chi connectivity index (χ3n) is 3.82. The van der Waals surface area contributed by atoms with E-state index < -0.39 is 5.97 Å². The quantitative estimate of drug-likeness (QED) is 0.680. The largest absolute Gasteiger partial charge is 0.460 e. The average Bonchev–Trinajstić information content (AvgIpc) is 3.21. The minimum atomic E-state index is -0.466. The van der Waals surface area contributed by atoms with E-state index in [9.17, 15) is 9.59 Å². The van der Waals surface area contributed by atoms with E-state index in [1.807, 2.05) is 18.4 Å². The third kappa shape index (κ3) is 3.12. The number of hydrogen-bond donors (Lipinski definition) is 1. The Morgan fingerprint density at radius 2 is 2.25 bits per heavy atom. The molecule has 0 radical (unpaired) electrons. The molecular formula is C17H18N2O4S. The molecule has 0 atom stereocenters. The topological polar surface area (TPSA) is 80.9 Å². The number of carbonyl (C=O) groups is 2. The van der Waals surface area contributed by atoms with Crippen LogP contribution in [0, 0.1) is 6.92 Å². The number of amides is 1. The Bertz CT molecular complexity index is 790. The molecule has 6 nitrogen and oxygen atoms in total. The van der Waals surface area contributed by atoms with Crippen molar-refractivity contribution in [2.75, 3.05) is 6.61 Å². The highest BCUT2D eigenvalue weighted by Crippen LogP contribution is 2.30. The second-order valence-electron chi connectivity index (χ2n) is 5.41. The lowest BCUT2D eigenvalue weighted by molar-refractivity contribution is 0.0486. The van der Waals surface area contributed by atoms with Crippen LogP contribution in [0.3, 0.4) is 0 Å². The van der Waals surface area contributed by atoms with Crippen LogP contribution in [0.25, 0.3) is 0 Å². The second kappa shape index (κ2) is 7.00. The number of hydrazone groups is 1. The average molecular weight is 346 g/mol. The first-order valence-corrected chi connectivity index (χ1v) is 8.70. The highest BCUT2D eigenvalue weighted by Gasteiger charge is 2.28. The van der Waals surface area contributed by atoms with Crippen LogP contribution >= 0.6 is 11.3 Å². The molecule has 1 aliphatic rings. The molecule has 2 aromatic heterocycles. The smallest absolute Gasteiger partial charge is 0.374 e. The van der Waals surface area contributed by atoms with Crippen LogP contribution in [0.2, 0.25) is 0 Å². The van der Waals surface area contributed by atoms with Gasteiger partial charge in [0, 0.05) is 17.5 Å². The van der Waals surface area contributed by atoms with Gasteiger partial charge in [-0.05, 0) is 38.1 Å². The molecule has 0 fully saturated rings. The first-order chi connectivity index (χ1) is 11.6. The molecule has 1 amide bonds. The number of aryl methyl sites for hydroxylation is 1. The lowest BCUT2D eigenvalue weighted by atomic mass is 9.93. The zero-order chi connectivity index (χ0) is 17.1. The molecule has 1 N–H and O–H groups in total. The first-order valence-electron chi connectivity index (χ1n) is 7.82. The van der Waals surface area contributed by atoms with Crippen LogP contribution in [0.1, 0.15) is 56.9 Å². The van der Waals surface area contributed by atoms with Crippen molar-refractivity contribution >= 4 is 28.9 Å². The molecule has 0 bridgehead atoms. The molecule has 126 valence electrons. The van der Waals surface area contributed by atoms with Gasteiger partial charge in [0.25, 0.3) is 5.91 Å². The van der Waals surface area contributed by atoms with Crippen LogP contribution < -0.4 is 5.43 Å². The highest BCUT2D eigenvalue weighted by molar-refractivity contribution is 7.12. The van der Waals surface area contributed by atoms with E-state index in [0.717, 1.165) is 36.3 Å². The number of fused-ring (bicyclic) bond motifs is 1. The monoisotopic (exact) mass is 346 g/mol. The SMILES string of the molecule is CCOC(=O)c1oc2c(c1C)/C(=N/NC(=O)c1cccs1)CCC2. The van der Waals surface area contributed by atoms with Crippen LogP contribution in [0.5, 0.6) is 0 Å². The fraction of sp³-hybridized carbons (Fsp3) is 0.353. The minimum absolute atomic E-state index is 0.223. The molecule has 2 heterocycles. The number of nitrogens with zero attached hydrogens (tertiary/aromatic N) is 1. The zero-order valence-electron chi connectivity index (χ0n) is 13.5. The molecule has 0 saturated carbocycles. The Hall–Kier alpha value is -2.41. The number of rotatable bonds is 4. The maximum Gasteiger partial charge on any atom is 0.374 e. The summed E-state index contributed by atoms with van der Waals surface area (Å²) >= 11 is 1.36. The van der Waals surface area contributed by atoms with E-state index in [-0.39, 0.29) is 11.7 Å². The van der Waals surface area contributed by atoms with Crippen molar-refractivity contribution in [1.82, 2.24) is 5.43 Å². The molecular weight excluding hydrogens is 328 g/mol. The van der Waals surface area contributed by atoms with Gasteiger partial charge in [0.15, 0.2) is 0 Å². The van der Waals surface area contributed by atoms with Crippen LogP contribution in [-0.2, 0) is 11.2 Å². The fourth-order valence-electron chi connectivity index (χ4n) is 2.75. The fourth-order valence-corrected chi connectivity index (χ4v) is 3.37. The molecule has 2 aromatic rings. The van der Waals surface area contributed by atoms with Crippen molar-refractivity contribution in [3.63, 3.8) is 0 Å². The lowest BCUT2D eigenvalue weighted by Crippen LogP contribution is -2.21. The number of carbonyl (C=O) groups excluding carboxylic acids is 2. The summed E-state index contributed by atoms with van der Waals surface area (Å²) in [6, 6.07) is 3.56. The van der Waals surface area contributed by atoms with Crippen molar-refractivity contribution < 1.29 is 18.7 Å². The van der Waals surface area contributed by atoms with Gasteiger partial charge in [-0.2, -0.15) is 5.10 Å². The Kier molecular flexibility index (Phi) is 4.80. The Labute approximate surface area is 143 Å². The van der Waals surface area contributed by atoms with E-state index in [4.69, 9.17) is 9.15 Å². The minimum Gasteiger partial charge on any atom is -0.460 e. The van der Waals surface area contributed by atoms with Gasteiger partial charge in [0.2, 0.25) is 5.76 Å². The molecule has 0 aromatic carbocycles. The van der Waals surface area contributed by atoms with Gasteiger partial charge in [0.1, 0.15) is 5.76 Å². The van der Waals surface area contributed by atoms with Gasteiger partial charge in [-0.3, -0.25) is 4.79 Å². The summed E-state index contributed by atoms with van der Waals surface area (Å²) < 4.78 is 10.7. The van der Waals surface area contributed by atoms with Crippen molar-refractivity contribution in [2.45, 2.75) is 33.1 Å². The Morgan fingerprint density at radius 1 is 1.42 bits per heavy atom. The summed E-state index contributed by atoms with van der Waals surface area (Å²) in [6.45, 7) is 3.86. The molecule has 0 aliphatic heterocycles. The summed E-state index contributed by atoms with van der Waals surface area (Å²) in [4.78, 5) is 24.6. The van der Waals surface area contributed by atoms with Gasteiger partial charge < -0.3 is 9.15 Å². The van der Waals surface area contributed by atoms with Gasteiger partial charge in [-0.15, -0.1) is 11.3 Å². The first kappa shape index (κ1) is 16.4. The van der Waals surface area contributed by atoms with Crippen LogP contribution in [-0.4, -0.2) is 24.2 Å². The summed E-state index contributed by atoms with van der Waals surface area (Å²) in [7, 11) is 0. The summed E-state index contributed by atoms with van der Waals surface area (Å²) in [5, 5.41) is 6.11. The Balaban J connectivity index is 1.87. The normalized spacial score (nSPS) is 15.2. The number of hydrogen-bond acceptors (Lipinski definition) is 6. The molecule has 0 spiro atoms. The van der Waals surface area contributed by atoms with Crippen LogP contribution in [0.4, 0.5) is 0 Å². The molecule has 0 unspecified atom stereocenters. The maximum absolute atomic E-state index is 12.0. The van der Waals surface area contributed by atoms with E-state index in [1.165, 1.54) is 11.3 Å². The van der Waals surface area contributed by atoms with Gasteiger partial charge in [-0.1, -0.05) is 6.07 Å². The van der Waals surface area contributed by atoms with Crippen LogP contribution in [0.15, 0.2) is 27.0 Å². The molecule has 24 heavy (non-hydrogen) atoms. The van der Waals surface area contributed by atoms with Crippen molar-refractivity contribution in [3.05, 3.63) is 45.0 Å². The summed E-state index contributed by atoms with van der Waals surface area (Å²) in [5.41, 5.74) is 4.85. The molecule has 0 saturated heterocycles. The predicted molar refractivity (Wildman–Crippen MR) is 90.7 cm³/mol. The van der Waals surface area contributed by atoms with Gasteiger partial charge >= 0.3 is 5.97 Å². The number of nitrogens with one attached hydrogen (secondary N) is 1. The number of esters is 1. The predicted octanol–water partition coefficient (Wildman–Crippen LogP) is 3.30. The standard InChI is InChI=1S/C17H18N2O4S/c1-3-22-17(21)15-10(2)14-11(6-4-7-12(14)23-15)18-19-16(20)13-8-5-9-24-13/h5,8-9H,3-4,6-7H2,1-2H3,(H,19,20)/b18-11+. The lowest BCUT2D eigenvalue weighted by Gasteiger charge is -2.13. The van der Waals surface area contributed by atoms with Gasteiger partial charge in [0.05, 0.1) is 17.2 Å². The highest BCUT2D eigenvalue weighted by atomic mass is 32.1. The van der Waals surface area contributed by atoms with Crippen molar-refractivity contribution in [3.8, 4) is 0 Å². The van der Waals surface area contributed by atoms with Crippen molar-refractivity contribution in [1.29, 1.82) is 0 Å². The molecule has 1 aliphatic carbocycles. The van der Waals surface area contributed by atoms with E-state index in [0.29, 0.717) is 17.0 Å². The van der Waals surface area contributed by atoms with E-state index >= 15 is 0 Å². The third-order valence-corrected chi connectivity index (χ3v) is 4.69. The Morgan fingerprint density at radius 3 is 2.96 bits per heavy atom. The van der Waals surface area contributed by atoms with Gasteiger partial charge in [-0.25, -0.2) is 10.2 Å². The second-order valence-corrected chi connectivity index (χ2v) is 6.35. The maximum atomic E-state index is 12.0. The number of ether oxygens (including phenoxy) is 1. The number of thiophene rings is 1. The molecule has 3 rings (SSSR count). The number of furan rings is 1.